The summed E-state index contributed by atoms with van der Waals surface area (Å²) in [5, 5.41) is 8.96. The highest BCUT2D eigenvalue weighted by atomic mass is 79.9. The lowest BCUT2D eigenvalue weighted by Gasteiger charge is -1.99. The largest absolute Gasteiger partial charge is 0.506 e. The van der Waals surface area contributed by atoms with E-state index in [1.165, 1.54) is 0 Å². The van der Waals surface area contributed by atoms with Crippen molar-refractivity contribution in [2.45, 2.75) is 6.92 Å². The van der Waals surface area contributed by atoms with Gasteiger partial charge in [-0.2, -0.15) is 0 Å². The van der Waals surface area contributed by atoms with Crippen LogP contribution in [0.4, 0.5) is 4.39 Å². The van der Waals surface area contributed by atoms with E-state index in [0.29, 0.717) is 10.0 Å². The Morgan fingerprint density at radius 3 is 2.80 bits per heavy atom. The van der Waals surface area contributed by atoms with Gasteiger partial charge in [0.1, 0.15) is 11.6 Å². The van der Waals surface area contributed by atoms with E-state index in [9.17, 15) is 4.39 Å². The smallest absolute Gasteiger partial charge is 0.138 e. The predicted octanol–water partition coefficient (Wildman–Crippen LogP) is 2.40. The van der Waals surface area contributed by atoms with Crippen LogP contribution in [-0.4, -0.2) is 5.11 Å². The van der Waals surface area contributed by atoms with Gasteiger partial charge in [0, 0.05) is 11.6 Å². The first-order valence-electron chi connectivity index (χ1n) is 2.68. The van der Waals surface area contributed by atoms with Crippen LogP contribution in [0.3, 0.4) is 0 Å². The number of rotatable bonds is 0. The summed E-state index contributed by atoms with van der Waals surface area (Å²) in [5.74, 6) is -0.427. The molecule has 1 aromatic carbocycles. The minimum absolute atomic E-state index is 0.0566. The minimum atomic E-state index is -0.371. The van der Waals surface area contributed by atoms with E-state index in [4.69, 9.17) is 5.11 Å². The second-order valence-corrected chi connectivity index (χ2v) is 2.72. The minimum Gasteiger partial charge on any atom is -0.506 e. The maximum absolute atomic E-state index is 12.6. The normalized spacial score (nSPS) is 9.90. The first-order valence-corrected chi connectivity index (χ1v) is 3.47. The van der Waals surface area contributed by atoms with E-state index in [-0.39, 0.29) is 11.6 Å². The van der Waals surface area contributed by atoms with E-state index in [1.54, 1.807) is 6.92 Å². The van der Waals surface area contributed by atoms with Gasteiger partial charge in [-0.1, -0.05) is 0 Å². The van der Waals surface area contributed by atoms with Crippen molar-refractivity contribution in [1.82, 2.24) is 0 Å². The van der Waals surface area contributed by atoms with Gasteiger partial charge in [0.05, 0.1) is 4.47 Å². The summed E-state index contributed by atoms with van der Waals surface area (Å²) < 4.78 is 13.0. The predicted molar refractivity (Wildman–Crippen MR) is 39.3 cm³/mol. The molecule has 10 heavy (non-hydrogen) atoms. The molecule has 1 aromatic rings. The van der Waals surface area contributed by atoms with Crippen molar-refractivity contribution in [3.8, 4) is 5.75 Å². The van der Waals surface area contributed by atoms with Gasteiger partial charge in [0.2, 0.25) is 0 Å². The highest BCUT2D eigenvalue weighted by Gasteiger charge is 2.05. The van der Waals surface area contributed by atoms with Crippen molar-refractivity contribution in [2.24, 2.45) is 0 Å². The molecule has 1 N–H and O–H groups in total. The Hall–Kier alpha value is -0.570. The fourth-order valence-electron chi connectivity index (χ4n) is 0.586. The van der Waals surface area contributed by atoms with Gasteiger partial charge in [-0.25, -0.2) is 4.39 Å². The van der Waals surface area contributed by atoms with Crippen molar-refractivity contribution in [1.29, 1.82) is 0 Å². The zero-order chi connectivity index (χ0) is 7.72. The number of phenolic OH excluding ortho intramolecular Hbond substituents is 1. The third kappa shape index (κ3) is 1.14. The quantitative estimate of drug-likeness (QED) is 0.687. The fraction of sp³-hybridized carbons (Fsp3) is 0.143. The van der Waals surface area contributed by atoms with Crippen LogP contribution in [0, 0.1) is 18.8 Å². The van der Waals surface area contributed by atoms with Crippen molar-refractivity contribution in [3.63, 3.8) is 0 Å². The zero-order valence-electron chi connectivity index (χ0n) is 5.28. The number of hydrogen-bond donors (Lipinski definition) is 1. The van der Waals surface area contributed by atoms with E-state index in [0.717, 1.165) is 6.07 Å². The molecule has 53 valence electrons. The Bertz CT molecular complexity index is 233. The average molecular weight is 204 g/mol. The van der Waals surface area contributed by atoms with Crippen molar-refractivity contribution in [2.75, 3.05) is 0 Å². The lowest BCUT2D eigenvalue weighted by Crippen LogP contribution is -1.83. The second-order valence-electron chi connectivity index (χ2n) is 1.92. The summed E-state index contributed by atoms with van der Waals surface area (Å²) in [6.07, 6.45) is 0. The molecule has 0 aliphatic heterocycles. The van der Waals surface area contributed by atoms with Crippen molar-refractivity contribution in [3.05, 3.63) is 28.0 Å². The van der Waals surface area contributed by atoms with Crippen LogP contribution in [0.2, 0.25) is 0 Å². The maximum atomic E-state index is 12.6. The summed E-state index contributed by atoms with van der Waals surface area (Å²) in [4.78, 5) is 0. The molecular weight excluding hydrogens is 199 g/mol. The molecule has 0 aliphatic rings. The number of halogens is 2. The lowest BCUT2D eigenvalue weighted by molar-refractivity contribution is 0.467. The molecule has 0 unspecified atom stereocenters. The van der Waals surface area contributed by atoms with Gasteiger partial charge in [0.25, 0.3) is 0 Å². The topological polar surface area (TPSA) is 20.2 Å². The summed E-state index contributed by atoms with van der Waals surface area (Å²) in [5.41, 5.74) is 0.399. The Labute approximate surface area is 66.6 Å². The molecule has 1 nitrogen and oxygen atoms in total. The third-order valence-electron chi connectivity index (χ3n) is 1.23. The number of hydrogen-bond acceptors (Lipinski definition) is 1. The van der Waals surface area contributed by atoms with Crippen LogP contribution in [0.1, 0.15) is 5.56 Å². The monoisotopic (exact) mass is 203 g/mol. The van der Waals surface area contributed by atoms with Gasteiger partial charge in [0.15, 0.2) is 0 Å². The lowest BCUT2D eigenvalue weighted by atomic mass is 10.2. The van der Waals surface area contributed by atoms with Gasteiger partial charge in [-0.05, 0) is 28.9 Å². The summed E-state index contributed by atoms with van der Waals surface area (Å²) >= 11 is 3.01. The maximum Gasteiger partial charge on any atom is 0.138 e. The Morgan fingerprint density at radius 2 is 2.30 bits per heavy atom. The zero-order valence-corrected chi connectivity index (χ0v) is 6.87. The molecule has 0 spiro atoms. The summed E-state index contributed by atoms with van der Waals surface area (Å²) in [7, 11) is 0. The van der Waals surface area contributed by atoms with Crippen molar-refractivity contribution < 1.29 is 9.50 Å². The molecule has 0 aromatic heterocycles. The number of aromatic hydroxyl groups is 1. The van der Waals surface area contributed by atoms with Crippen LogP contribution >= 0.6 is 15.9 Å². The molecule has 0 amide bonds. The van der Waals surface area contributed by atoms with Gasteiger partial charge in [-0.15, -0.1) is 0 Å². The van der Waals surface area contributed by atoms with E-state index in [2.05, 4.69) is 22.0 Å². The van der Waals surface area contributed by atoms with Gasteiger partial charge in [-0.3, -0.25) is 0 Å². The molecule has 0 heterocycles. The van der Waals surface area contributed by atoms with E-state index in [1.807, 2.05) is 0 Å². The third-order valence-corrected chi connectivity index (χ3v) is 2.20. The molecule has 0 aliphatic carbocycles. The first kappa shape index (κ1) is 7.54. The molecule has 0 saturated carbocycles. The molecule has 1 radical (unpaired) electrons. The fourth-order valence-corrected chi connectivity index (χ4v) is 0.890. The Kier molecular flexibility index (Phi) is 1.94. The van der Waals surface area contributed by atoms with Gasteiger partial charge < -0.3 is 5.11 Å². The van der Waals surface area contributed by atoms with E-state index < -0.39 is 0 Å². The first-order chi connectivity index (χ1) is 4.63. The molecule has 0 bridgehead atoms. The highest BCUT2D eigenvalue weighted by molar-refractivity contribution is 9.10. The average Bonchev–Trinajstić information content (AvgIpc) is 1.93. The standard InChI is InChI=1S/C7H5BrFO/c1-4-5(9)2-3-6(10)7(4)8/h2,10H,1H3. The molecule has 3 heteroatoms. The molecular formula is C7H5BrFO. The SMILES string of the molecule is Cc1c(F)c[c]c(O)c1Br. The van der Waals surface area contributed by atoms with Crippen LogP contribution < -0.4 is 0 Å². The van der Waals surface area contributed by atoms with Crippen LogP contribution in [0.25, 0.3) is 0 Å². The molecule has 0 atom stereocenters. The molecule has 0 fully saturated rings. The number of benzene rings is 1. The number of phenols is 1. The summed E-state index contributed by atoms with van der Waals surface area (Å²) in [6, 6.07) is 3.45. The van der Waals surface area contributed by atoms with Crippen LogP contribution in [-0.2, 0) is 0 Å². The van der Waals surface area contributed by atoms with Gasteiger partial charge >= 0.3 is 0 Å². The van der Waals surface area contributed by atoms with Crippen LogP contribution in [0.5, 0.6) is 5.75 Å². The Morgan fingerprint density at radius 1 is 1.70 bits per heavy atom. The molecule has 1 rings (SSSR count). The van der Waals surface area contributed by atoms with E-state index >= 15 is 0 Å². The van der Waals surface area contributed by atoms with Crippen LogP contribution in [0.15, 0.2) is 10.5 Å². The Balaban J connectivity index is 3.34. The highest BCUT2D eigenvalue weighted by Crippen LogP contribution is 2.27. The molecule has 0 saturated heterocycles. The second kappa shape index (κ2) is 2.58. The summed E-state index contributed by atoms with van der Waals surface area (Å²) in [6.45, 7) is 1.58. The van der Waals surface area contributed by atoms with Crippen molar-refractivity contribution >= 4 is 15.9 Å².